The van der Waals surface area contributed by atoms with Gasteiger partial charge in [-0.25, -0.2) is 4.39 Å². The summed E-state index contributed by atoms with van der Waals surface area (Å²) in [6.45, 7) is 1.71. The molecule has 0 unspecified atom stereocenters. The van der Waals surface area contributed by atoms with E-state index in [0.717, 1.165) is 13.0 Å². The van der Waals surface area contributed by atoms with Gasteiger partial charge >= 0.3 is 0 Å². The third kappa shape index (κ3) is 3.53. The normalized spacial score (nSPS) is 18.9. The highest BCUT2D eigenvalue weighted by molar-refractivity contribution is 9.10. The molecule has 0 radical (unpaired) electrons. The van der Waals surface area contributed by atoms with Gasteiger partial charge in [0, 0.05) is 17.1 Å². The molecule has 1 aliphatic rings. The second-order valence-corrected chi connectivity index (χ2v) is 5.32. The van der Waals surface area contributed by atoms with Crippen molar-refractivity contribution < 1.29 is 9.18 Å². The van der Waals surface area contributed by atoms with E-state index in [0.29, 0.717) is 22.6 Å². The molecular weight excluding hydrogens is 299 g/mol. The number of amides is 1. The Morgan fingerprint density at radius 3 is 3.06 bits per heavy atom. The maximum absolute atomic E-state index is 12.9. The average Bonchev–Trinajstić information content (AvgIpc) is 2.81. The smallest absolute Gasteiger partial charge is 0.252 e. The van der Waals surface area contributed by atoms with Crippen molar-refractivity contribution in [2.24, 2.45) is 0 Å². The van der Waals surface area contributed by atoms with Crippen LogP contribution >= 0.6 is 15.9 Å². The molecule has 1 amide bonds. The van der Waals surface area contributed by atoms with Crippen molar-refractivity contribution in [3.8, 4) is 0 Å². The Balaban J connectivity index is 1.83. The van der Waals surface area contributed by atoms with Crippen LogP contribution in [0.15, 0.2) is 22.7 Å². The number of benzene rings is 1. The number of carbonyl (C=O) groups excluding carboxylic acids is 1. The zero-order valence-electron chi connectivity index (χ0n) is 10.0. The second kappa shape index (κ2) is 6.29. The summed E-state index contributed by atoms with van der Waals surface area (Å²) in [5.41, 5.74) is 0.468. The van der Waals surface area contributed by atoms with E-state index in [1.807, 2.05) is 0 Å². The number of halogens is 2. The molecule has 0 aromatic heterocycles. The van der Waals surface area contributed by atoms with E-state index >= 15 is 0 Å². The lowest BCUT2D eigenvalue weighted by Gasteiger charge is -2.11. The highest BCUT2D eigenvalue weighted by atomic mass is 79.9. The van der Waals surface area contributed by atoms with E-state index in [9.17, 15) is 9.18 Å². The highest BCUT2D eigenvalue weighted by Crippen LogP contribution is 2.17. The molecule has 1 heterocycles. The average molecular weight is 315 g/mol. The third-order valence-electron chi connectivity index (χ3n) is 3.12. The van der Waals surface area contributed by atoms with Crippen LogP contribution in [-0.2, 0) is 0 Å². The lowest BCUT2D eigenvalue weighted by Crippen LogP contribution is -2.30. The van der Waals surface area contributed by atoms with E-state index in [4.69, 9.17) is 0 Å². The molecule has 1 aliphatic heterocycles. The molecule has 2 N–H and O–H groups in total. The molecule has 3 nitrogen and oxygen atoms in total. The minimum Gasteiger partial charge on any atom is -0.352 e. The lowest BCUT2D eigenvalue weighted by molar-refractivity contribution is 0.0951. The summed E-state index contributed by atoms with van der Waals surface area (Å²) >= 11 is 3.19. The molecule has 98 valence electrons. The van der Waals surface area contributed by atoms with Gasteiger partial charge in [-0.15, -0.1) is 0 Å². The Morgan fingerprint density at radius 1 is 1.56 bits per heavy atom. The summed E-state index contributed by atoms with van der Waals surface area (Å²) in [6.07, 6.45) is 3.32. The molecule has 0 saturated carbocycles. The second-order valence-electron chi connectivity index (χ2n) is 4.46. The Bertz CT molecular complexity index is 433. The van der Waals surface area contributed by atoms with Crippen molar-refractivity contribution in [3.05, 3.63) is 34.1 Å². The van der Waals surface area contributed by atoms with Gasteiger partial charge in [-0.3, -0.25) is 4.79 Å². The van der Waals surface area contributed by atoms with Crippen molar-refractivity contribution in [1.82, 2.24) is 10.6 Å². The van der Waals surface area contributed by atoms with Crippen LogP contribution < -0.4 is 10.6 Å². The lowest BCUT2D eigenvalue weighted by atomic mass is 10.1. The Labute approximate surface area is 114 Å². The Kier molecular flexibility index (Phi) is 4.72. The van der Waals surface area contributed by atoms with Gasteiger partial charge in [-0.05, 0) is 59.9 Å². The zero-order valence-corrected chi connectivity index (χ0v) is 11.6. The highest BCUT2D eigenvalue weighted by Gasteiger charge is 2.15. The summed E-state index contributed by atoms with van der Waals surface area (Å²) in [6, 6.07) is 4.59. The van der Waals surface area contributed by atoms with Gasteiger partial charge in [0.1, 0.15) is 5.82 Å². The summed E-state index contributed by atoms with van der Waals surface area (Å²) in [5.74, 6) is -0.520. The summed E-state index contributed by atoms with van der Waals surface area (Å²) in [5, 5.41) is 6.23. The van der Waals surface area contributed by atoms with Crippen molar-refractivity contribution in [2.45, 2.75) is 25.3 Å². The van der Waals surface area contributed by atoms with Crippen LogP contribution in [0.3, 0.4) is 0 Å². The first kappa shape index (κ1) is 13.5. The van der Waals surface area contributed by atoms with Crippen molar-refractivity contribution in [3.63, 3.8) is 0 Å². The fourth-order valence-corrected chi connectivity index (χ4v) is 2.66. The van der Waals surface area contributed by atoms with E-state index < -0.39 is 0 Å². The number of rotatable bonds is 4. The van der Waals surface area contributed by atoms with Gasteiger partial charge in [-0.2, -0.15) is 0 Å². The summed E-state index contributed by atoms with van der Waals surface area (Å²) < 4.78 is 13.4. The van der Waals surface area contributed by atoms with Crippen molar-refractivity contribution in [1.29, 1.82) is 0 Å². The number of hydrogen-bond donors (Lipinski definition) is 2. The van der Waals surface area contributed by atoms with Crippen LogP contribution in [0, 0.1) is 5.82 Å². The molecular formula is C13H16BrFN2O. The fourth-order valence-electron chi connectivity index (χ4n) is 2.13. The molecule has 1 fully saturated rings. The predicted octanol–water partition coefficient (Wildman–Crippen LogP) is 2.46. The van der Waals surface area contributed by atoms with Crippen LogP contribution in [0.1, 0.15) is 29.6 Å². The standard InChI is InChI=1S/C13H16BrFN2O/c14-12-8-9(15)3-4-11(12)13(18)17-7-5-10-2-1-6-16-10/h3-4,8,10,16H,1-2,5-7H2,(H,17,18)/t10-/m1/s1. The summed E-state index contributed by atoms with van der Waals surface area (Å²) in [7, 11) is 0. The zero-order chi connectivity index (χ0) is 13.0. The van der Waals surface area contributed by atoms with Gasteiger partial charge in [0.2, 0.25) is 0 Å². The predicted molar refractivity (Wildman–Crippen MR) is 72.1 cm³/mol. The summed E-state index contributed by atoms with van der Waals surface area (Å²) in [4.78, 5) is 11.9. The fraction of sp³-hybridized carbons (Fsp3) is 0.462. The van der Waals surface area contributed by atoms with Crippen LogP contribution in [-0.4, -0.2) is 25.0 Å². The molecule has 2 rings (SSSR count). The Morgan fingerprint density at radius 2 is 2.39 bits per heavy atom. The monoisotopic (exact) mass is 314 g/mol. The molecule has 1 atom stereocenters. The first-order valence-electron chi connectivity index (χ1n) is 6.13. The first-order chi connectivity index (χ1) is 8.66. The van der Waals surface area contributed by atoms with Crippen LogP contribution in [0.2, 0.25) is 0 Å². The topological polar surface area (TPSA) is 41.1 Å². The van der Waals surface area contributed by atoms with E-state index in [1.165, 1.54) is 31.0 Å². The molecule has 18 heavy (non-hydrogen) atoms. The first-order valence-corrected chi connectivity index (χ1v) is 6.93. The molecule has 5 heteroatoms. The SMILES string of the molecule is O=C(NCC[C@H]1CCCN1)c1ccc(F)cc1Br. The minimum atomic E-state index is -0.353. The number of hydrogen-bond acceptors (Lipinski definition) is 2. The number of nitrogens with one attached hydrogen (secondary N) is 2. The van der Waals surface area contributed by atoms with Gasteiger partial charge in [0.15, 0.2) is 0 Å². The maximum Gasteiger partial charge on any atom is 0.252 e. The molecule has 0 aliphatic carbocycles. The van der Waals surface area contributed by atoms with E-state index in [-0.39, 0.29) is 11.7 Å². The number of carbonyl (C=O) groups is 1. The molecule has 1 aromatic carbocycles. The molecule has 0 bridgehead atoms. The van der Waals surface area contributed by atoms with E-state index in [1.54, 1.807) is 0 Å². The molecule has 0 spiro atoms. The van der Waals surface area contributed by atoms with Gasteiger partial charge in [-0.1, -0.05) is 0 Å². The van der Waals surface area contributed by atoms with E-state index in [2.05, 4.69) is 26.6 Å². The molecule has 1 aromatic rings. The largest absolute Gasteiger partial charge is 0.352 e. The maximum atomic E-state index is 12.9. The quantitative estimate of drug-likeness (QED) is 0.896. The van der Waals surface area contributed by atoms with Crippen LogP contribution in [0.25, 0.3) is 0 Å². The van der Waals surface area contributed by atoms with Gasteiger partial charge < -0.3 is 10.6 Å². The Hall–Kier alpha value is -0.940. The molecule has 1 saturated heterocycles. The van der Waals surface area contributed by atoms with Gasteiger partial charge in [0.05, 0.1) is 5.56 Å². The van der Waals surface area contributed by atoms with Gasteiger partial charge in [0.25, 0.3) is 5.91 Å². The third-order valence-corrected chi connectivity index (χ3v) is 3.77. The van der Waals surface area contributed by atoms with Crippen LogP contribution in [0.4, 0.5) is 4.39 Å². The minimum absolute atomic E-state index is 0.167. The van der Waals surface area contributed by atoms with Crippen molar-refractivity contribution >= 4 is 21.8 Å². The van der Waals surface area contributed by atoms with Crippen LogP contribution in [0.5, 0.6) is 0 Å². The van der Waals surface area contributed by atoms with Crippen molar-refractivity contribution in [2.75, 3.05) is 13.1 Å².